The van der Waals surface area contributed by atoms with Crippen LogP contribution in [0.1, 0.15) is 18.4 Å². The van der Waals surface area contributed by atoms with Gasteiger partial charge in [0.25, 0.3) is 10.0 Å². The second-order valence-corrected chi connectivity index (χ2v) is 9.80. The third-order valence-corrected chi connectivity index (χ3v) is 8.18. The molecule has 2 aromatic rings. The topological polar surface area (TPSA) is 95.6 Å². The van der Waals surface area contributed by atoms with Crippen LogP contribution in [0.2, 0.25) is 5.02 Å². The summed E-state index contributed by atoms with van der Waals surface area (Å²) in [5.41, 5.74) is 0.703. The summed E-state index contributed by atoms with van der Waals surface area (Å²) in [6.45, 7) is 0.622. The van der Waals surface area contributed by atoms with Gasteiger partial charge in [0.1, 0.15) is 4.21 Å². The van der Waals surface area contributed by atoms with Crippen molar-refractivity contribution in [1.29, 1.82) is 0 Å². The molecule has 1 aromatic carbocycles. The Hall–Kier alpha value is -1.94. The quantitative estimate of drug-likeness (QED) is 0.670. The van der Waals surface area contributed by atoms with Crippen molar-refractivity contribution < 1.29 is 18.0 Å². The van der Waals surface area contributed by atoms with Gasteiger partial charge in [0.2, 0.25) is 0 Å². The smallest absolute Gasteiger partial charge is 0.309 e. The molecule has 7 nitrogen and oxygen atoms in total. The van der Waals surface area contributed by atoms with Crippen molar-refractivity contribution in [1.82, 2.24) is 14.9 Å². The zero-order valence-corrected chi connectivity index (χ0v) is 17.3. The highest BCUT2D eigenvalue weighted by molar-refractivity contribution is 7.91. The van der Waals surface area contributed by atoms with Gasteiger partial charge in [-0.1, -0.05) is 35.9 Å². The number of sulfonamides is 1. The third kappa shape index (κ3) is 4.72. The maximum atomic E-state index is 12.7. The summed E-state index contributed by atoms with van der Waals surface area (Å²) in [6.07, 6.45) is 1.34. The summed E-state index contributed by atoms with van der Waals surface area (Å²) in [7, 11) is -3.58. The number of halogens is 1. The van der Waals surface area contributed by atoms with Crippen LogP contribution in [0.4, 0.5) is 0 Å². The lowest BCUT2D eigenvalue weighted by atomic mass is 10.2. The maximum absolute atomic E-state index is 12.7. The molecule has 1 saturated heterocycles. The van der Waals surface area contributed by atoms with Crippen molar-refractivity contribution >= 4 is 44.8 Å². The molecule has 1 aliphatic heterocycles. The van der Waals surface area contributed by atoms with E-state index in [1.54, 1.807) is 41.8 Å². The van der Waals surface area contributed by atoms with Crippen LogP contribution < -0.4 is 10.6 Å². The second kappa shape index (κ2) is 9.04. The van der Waals surface area contributed by atoms with E-state index in [0.717, 1.165) is 11.3 Å². The molecule has 3 rings (SSSR count). The van der Waals surface area contributed by atoms with Gasteiger partial charge < -0.3 is 10.6 Å². The molecule has 0 bridgehead atoms. The monoisotopic (exact) mass is 441 g/mol. The van der Waals surface area contributed by atoms with E-state index >= 15 is 0 Å². The lowest BCUT2D eigenvalue weighted by Gasteiger charge is -2.23. The van der Waals surface area contributed by atoms with Crippen LogP contribution in [0.5, 0.6) is 0 Å². The predicted octanol–water partition coefficient (Wildman–Crippen LogP) is 1.99. The van der Waals surface area contributed by atoms with E-state index < -0.39 is 21.8 Å². The molecule has 2 N–H and O–H groups in total. The van der Waals surface area contributed by atoms with E-state index in [9.17, 15) is 18.0 Å². The zero-order chi connectivity index (χ0) is 20.1. The van der Waals surface area contributed by atoms with Crippen molar-refractivity contribution in [2.45, 2.75) is 29.6 Å². The minimum Gasteiger partial charge on any atom is -0.346 e. The Morgan fingerprint density at radius 1 is 1.14 bits per heavy atom. The van der Waals surface area contributed by atoms with Crippen LogP contribution >= 0.6 is 22.9 Å². The van der Waals surface area contributed by atoms with Crippen molar-refractivity contribution in [3.63, 3.8) is 0 Å². The molecule has 150 valence electrons. The van der Waals surface area contributed by atoms with Crippen LogP contribution in [0.3, 0.4) is 0 Å². The Kier molecular flexibility index (Phi) is 6.71. The van der Waals surface area contributed by atoms with E-state index in [4.69, 9.17) is 11.6 Å². The molecule has 28 heavy (non-hydrogen) atoms. The second-order valence-electron chi connectivity index (χ2n) is 6.33. The van der Waals surface area contributed by atoms with E-state index in [1.807, 2.05) is 0 Å². The molecular formula is C18H20ClN3O4S2. The van der Waals surface area contributed by atoms with Gasteiger partial charge in [0.05, 0.1) is 0 Å². The number of carbonyl (C=O) groups excluding carboxylic acids is 2. The Labute approximate surface area is 172 Å². The molecule has 0 radical (unpaired) electrons. The molecule has 0 unspecified atom stereocenters. The SMILES string of the molecule is O=C(NCc1ccccc1Cl)C(=O)NC[C@@H]1CCCN1S(=O)(=O)c1cccs1. The molecule has 1 fully saturated rings. The molecule has 1 aliphatic rings. The lowest BCUT2D eigenvalue weighted by molar-refractivity contribution is -0.139. The van der Waals surface area contributed by atoms with Crippen LogP contribution in [0.25, 0.3) is 0 Å². The van der Waals surface area contributed by atoms with Gasteiger partial charge in [-0.3, -0.25) is 9.59 Å². The molecular weight excluding hydrogens is 422 g/mol. The highest BCUT2D eigenvalue weighted by Gasteiger charge is 2.36. The number of amides is 2. The highest BCUT2D eigenvalue weighted by atomic mass is 35.5. The first-order chi connectivity index (χ1) is 13.4. The van der Waals surface area contributed by atoms with Gasteiger partial charge in [-0.15, -0.1) is 11.3 Å². The molecule has 1 aromatic heterocycles. The summed E-state index contributed by atoms with van der Waals surface area (Å²) in [6, 6.07) is 9.91. The Morgan fingerprint density at radius 2 is 1.89 bits per heavy atom. The van der Waals surface area contributed by atoms with E-state index in [-0.39, 0.29) is 23.3 Å². The van der Waals surface area contributed by atoms with Crippen LogP contribution in [-0.2, 0) is 26.2 Å². The number of hydrogen-bond acceptors (Lipinski definition) is 5. The number of benzene rings is 1. The maximum Gasteiger partial charge on any atom is 0.309 e. The summed E-state index contributed by atoms with van der Waals surface area (Å²) in [4.78, 5) is 24.1. The van der Waals surface area contributed by atoms with Gasteiger partial charge in [-0.05, 0) is 35.9 Å². The van der Waals surface area contributed by atoms with Crippen molar-refractivity contribution in [2.75, 3.05) is 13.1 Å². The van der Waals surface area contributed by atoms with Crippen molar-refractivity contribution in [2.24, 2.45) is 0 Å². The normalized spacial score (nSPS) is 17.4. The standard InChI is InChI=1S/C18H20ClN3O4S2/c19-15-7-2-1-5-13(15)11-20-17(23)18(24)21-12-14-6-3-9-22(14)28(25,26)16-8-4-10-27-16/h1-2,4-5,7-8,10,14H,3,6,9,11-12H2,(H,20,23)(H,21,24)/t14-/m0/s1. The fourth-order valence-corrected chi connectivity index (χ4v) is 6.06. The molecule has 10 heteroatoms. The number of hydrogen-bond donors (Lipinski definition) is 2. The fourth-order valence-electron chi connectivity index (χ4n) is 3.04. The largest absolute Gasteiger partial charge is 0.346 e. The van der Waals surface area contributed by atoms with Gasteiger partial charge >= 0.3 is 11.8 Å². The predicted molar refractivity (Wildman–Crippen MR) is 108 cm³/mol. The van der Waals surface area contributed by atoms with E-state index in [0.29, 0.717) is 30.0 Å². The molecule has 1 atom stereocenters. The molecule has 0 spiro atoms. The first kappa shape index (κ1) is 20.8. The molecule has 2 heterocycles. The van der Waals surface area contributed by atoms with Gasteiger partial charge in [0.15, 0.2) is 0 Å². The molecule has 2 amide bonds. The van der Waals surface area contributed by atoms with Gasteiger partial charge in [-0.25, -0.2) is 8.42 Å². The van der Waals surface area contributed by atoms with Crippen LogP contribution in [0, 0.1) is 0 Å². The fraction of sp³-hybridized carbons (Fsp3) is 0.333. The minimum absolute atomic E-state index is 0.0863. The van der Waals surface area contributed by atoms with E-state index in [1.165, 1.54) is 4.31 Å². The Balaban J connectivity index is 1.53. The summed E-state index contributed by atoms with van der Waals surface area (Å²) >= 11 is 7.18. The number of nitrogens with one attached hydrogen (secondary N) is 2. The number of thiophene rings is 1. The summed E-state index contributed by atoms with van der Waals surface area (Å²) in [5.74, 6) is -1.59. The van der Waals surface area contributed by atoms with E-state index in [2.05, 4.69) is 10.6 Å². The van der Waals surface area contributed by atoms with Crippen LogP contribution in [0.15, 0.2) is 46.0 Å². The first-order valence-electron chi connectivity index (χ1n) is 8.74. The number of rotatable bonds is 6. The van der Waals surface area contributed by atoms with Crippen molar-refractivity contribution in [3.05, 3.63) is 52.4 Å². The minimum atomic E-state index is -3.58. The third-order valence-electron chi connectivity index (χ3n) is 4.48. The van der Waals surface area contributed by atoms with Crippen molar-refractivity contribution in [3.8, 4) is 0 Å². The average molecular weight is 442 g/mol. The average Bonchev–Trinajstić information content (AvgIpc) is 3.37. The molecule has 0 saturated carbocycles. The number of nitrogens with zero attached hydrogens (tertiary/aromatic N) is 1. The zero-order valence-electron chi connectivity index (χ0n) is 14.9. The van der Waals surface area contributed by atoms with Gasteiger partial charge in [0, 0.05) is 30.7 Å². The first-order valence-corrected chi connectivity index (χ1v) is 11.4. The molecule has 0 aliphatic carbocycles. The van der Waals surface area contributed by atoms with Crippen LogP contribution in [-0.4, -0.2) is 43.7 Å². The summed E-state index contributed by atoms with van der Waals surface area (Å²) < 4.78 is 27.1. The highest BCUT2D eigenvalue weighted by Crippen LogP contribution is 2.28. The lowest BCUT2D eigenvalue weighted by Crippen LogP contribution is -2.46. The Morgan fingerprint density at radius 3 is 2.61 bits per heavy atom. The summed E-state index contributed by atoms with van der Waals surface area (Å²) in [5, 5.41) is 7.26. The number of carbonyl (C=O) groups is 2. The Bertz CT molecular complexity index is 948. The van der Waals surface area contributed by atoms with Gasteiger partial charge in [-0.2, -0.15) is 4.31 Å².